The van der Waals surface area contributed by atoms with Crippen molar-refractivity contribution in [3.8, 4) is 0 Å². The number of hydrogen-bond acceptors (Lipinski definition) is 2. The van der Waals surface area contributed by atoms with Gasteiger partial charge in [0.15, 0.2) is 0 Å². The summed E-state index contributed by atoms with van der Waals surface area (Å²) in [5.41, 5.74) is 7.87. The summed E-state index contributed by atoms with van der Waals surface area (Å²) < 4.78 is 0. The largest absolute Gasteiger partial charge is 0.340 e. The highest BCUT2D eigenvalue weighted by molar-refractivity contribution is 5.80. The van der Waals surface area contributed by atoms with Crippen LogP contribution < -0.4 is 5.73 Å². The van der Waals surface area contributed by atoms with Crippen molar-refractivity contribution in [2.24, 2.45) is 5.73 Å². The Kier molecular flexibility index (Phi) is 3.86. The van der Waals surface area contributed by atoms with Gasteiger partial charge in [0, 0.05) is 13.6 Å². The molecule has 3 heteroatoms. The number of nitrogens with two attached hydrogens (primary N) is 1. The number of hydrogen-bond donors (Lipinski definition) is 1. The molecule has 15 heavy (non-hydrogen) atoms. The van der Waals surface area contributed by atoms with Crippen LogP contribution in [0.25, 0.3) is 0 Å². The van der Waals surface area contributed by atoms with E-state index in [1.807, 2.05) is 31.2 Å². The third-order valence-corrected chi connectivity index (χ3v) is 2.31. The van der Waals surface area contributed by atoms with E-state index in [0.717, 1.165) is 5.56 Å². The maximum absolute atomic E-state index is 11.5. The van der Waals surface area contributed by atoms with Gasteiger partial charge in [0.1, 0.15) is 0 Å². The number of benzene rings is 1. The molecule has 0 aliphatic carbocycles. The third-order valence-electron chi connectivity index (χ3n) is 2.31. The molecule has 0 aliphatic rings. The topological polar surface area (TPSA) is 46.3 Å². The lowest BCUT2D eigenvalue weighted by Gasteiger charge is -2.19. The van der Waals surface area contributed by atoms with Crippen molar-refractivity contribution in [3.63, 3.8) is 0 Å². The minimum absolute atomic E-state index is 0.0319. The molecule has 0 radical (unpaired) electrons. The SMILES string of the molecule is Cc1ccc(CN(C)C(=O)C(C)N)cc1. The molecular weight excluding hydrogens is 188 g/mol. The normalized spacial score (nSPS) is 12.3. The van der Waals surface area contributed by atoms with Crippen LogP contribution in [0.3, 0.4) is 0 Å². The van der Waals surface area contributed by atoms with Gasteiger partial charge in [-0.05, 0) is 19.4 Å². The number of aryl methyl sites for hydroxylation is 1. The van der Waals surface area contributed by atoms with Gasteiger partial charge < -0.3 is 10.6 Å². The summed E-state index contributed by atoms with van der Waals surface area (Å²) in [5, 5.41) is 0. The molecule has 1 aromatic rings. The maximum atomic E-state index is 11.5. The Morgan fingerprint density at radius 2 is 1.93 bits per heavy atom. The Hall–Kier alpha value is -1.35. The highest BCUT2D eigenvalue weighted by Crippen LogP contribution is 2.06. The van der Waals surface area contributed by atoms with Crippen molar-refractivity contribution in [1.29, 1.82) is 0 Å². The van der Waals surface area contributed by atoms with Crippen LogP contribution in [0.2, 0.25) is 0 Å². The first-order valence-electron chi connectivity index (χ1n) is 5.07. The fraction of sp³-hybridized carbons (Fsp3) is 0.417. The van der Waals surface area contributed by atoms with Crippen molar-refractivity contribution >= 4 is 5.91 Å². The number of carbonyl (C=O) groups is 1. The number of rotatable bonds is 3. The van der Waals surface area contributed by atoms with Gasteiger partial charge in [-0.2, -0.15) is 0 Å². The van der Waals surface area contributed by atoms with E-state index < -0.39 is 6.04 Å². The first-order valence-corrected chi connectivity index (χ1v) is 5.07. The summed E-state index contributed by atoms with van der Waals surface area (Å²) >= 11 is 0. The molecule has 0 aliphatic heterocycles. The summed E-state index contributed by atoms with van der Waals surface area (Å²) in [6.45, 7) is 4.36. The van der Waals surface area contributed by atoms with Gasteiger partial charge in [0.05, 0.1) is 6.04 Å². The molecule has 1 aromatic carbocycles. The van der Waals surface area contributed by atoms with Gasteiger partial charge in [-0.1, -0.05) is 29.8 Å². The Bertz CT molecular complexity index is 330. The van der Waals surface area contributed by atoms with Crippen molar-refractivity contribution < 1.29 is 4.79 Å². The third kappa shape index (κ3) is 3.36. The van der Waals surface area contributed by atoms with Crippen LogP contribution in [0.15, 0.2) is 24.3 Å². The van der Waals surface area contributed by atoms with Gasteiger partial charge in [-0.15, -0.1) is 0 Å². The molecule has 82 valence electrons. The minimum Gasteiger partial charge on any atom is -0.340 e. The second-order valence-corrected chi connectivity index (χ2v) is 3.97. The molecule has 0 bridgehead atoms. The van der Waals surface area contributed by atoms with Gasteiger partial charge in [-0.25, -0.2) is 0 Å². The summed E-state index contributed by atoms with van der Waals surface area (Å²) in [4.78, 5) is 13.2. The van der Waals surface area contributed by atoms with Crippen LogP contribution in [0.4, 0.5) is 0 Å². The fourth-order valence-electron chi connectivity index (χ4n) is 1.39. The number of likely N-dealkylation sites (N-methyl/N-ethyl adjacent to an activating group) is 1. The average Bonchev–Trinajstić information content (AvgIpc) is 2.20. The molecule has 0 heterocycles. The van der Waals surface area contributed by atoms with Crippen LogP contribution in [0.5, 0.6) is 0 Å². The highest BCUT2D eigenvalue weighted by atomic mass is 16.2. The molecule has 1 atom stereocenters. The predicted octanol–water partition coefficient (Wildman–Crippen LogP) is 1.30. The molecule has 0 aromatic heterocycles. The molecule has 0 spiro atoms. The highest BCUT2D eigenvalue weighted by Gasteiger charge is 2.12. The lowest BCUT2D eigenvalue weighted by molar-refractivity contribution is -0.131. The van der Waals surface area contributed by atoms with Gasteiger partial charge in [-0.3, -0.25) is 4.79 Å². The Morgan fingerprint density at radius 3 is 2.40 bits per heavy atom. The van der Waals surface area contributed by atoms with E-state index >= 15 is 0 Å². The summed E-state index contributed by atoms with van der Waals surface area (Å²) in [6, 6.07) is 7.71. The lowest BCUT2D eigenvalue weighted by atomic mass is 10.1. The zero-order valence-corrected chi connectivity index (χ0v) is 9.53. The van der Waals surface area contributed by atoms with Gasteiger partial charge >= 0.3 is 0 Å². The van der Waals surface area contributed by atoms with Crippen molar-refractivity contribution in [2.75, 3.05) is 7.05 Å². The quantitative estimate of drug-likeness (QED) is 0.810. The molecule has 0 saturated carbocycles. The standard InChI is InChI=1S/C12H18N2O/c1-9-4-6-11(7-5-9)8-14(3)12(15)10(2)13/h4-7,10H,8,13H2,1-3H3. The van der Waals surface area contributed by atoms with E-state index in [2.05, 4.69) is 0 Å². The van der Waals surface area contributed by atoms with E-state index in [0.29, 0.717) is 6.54 Å². The Morgan fingerprint density at radius 1 is 1.40 bits per heavy atom. The van der Waals surface area contributed by atoms with E-state index in [-0.39, 0.29) is 5.91 Å². The fourth-order valence-corrected chi connectivity index (χ4v) is 1.39. The summed E-state index contributed by atoms with van der Waals surface area (Å²) in [7, 11) is 1.77. The van der Waals surface area contributed by atoms with E-state index in [1.165, 1.54) is 5.56 Å². The van der Waals surface area contributed by atoms with Crippen LogP contribution in [-0.2, 0) is 11.3 Å². The van der Waals surface area contributed by atoms with Gasteiger partial charge in [0.25, 0.3) is 0 Å². The molecule has 1 rings (SSSR count). The van der Waals surface area contributed by atoms with Crippen LogP contribution in [0, 0.1) is 6.92 Å². The number of amides is 1. The smallest absolute Gasteiger partial charge is 0.239 e. The number of nitrogens with zero attached hydrogens (tertiary/aromatic N) is 1. The van der Waals surface area contributed by atoms with Crippen molar-refractivity contribution in [2.45, 2.75) is 26.4 Å². The summed E-state index contributed by atoms with van der Waals surface area (Å²) in [6.07, 6.45) is 0. The number of carbonyl (C=O) groups excluding carboxylic acids is 1. The zero-order chi connectivity index (χ0) is 11.4. The molecule has 1 unspecified atom stereocenters. The first kappa shape index (κ1) is 11.7. The second-order valence-electron chi connectivity index (χ2n) is 3.97. The van der Waals surface area contributed by atoms with Crippen molar-refractivity contribution in [1.82, 2.24) is 4.90 Å². The van der Waals surface area contributed by atoms with E-state index in [9.17, 15) is 4.79 Å². The Labute approximate surface area is 90.9 Å². The van der Waals surface area contributed by atoms with Crippen molar-refractivity contribution in [3.05, 3.63) is 35.4 Å². The molecular formula is C12H18N2O. The molecule has 0 fully saturated rings. The second kappa shape index (κ2) is 4.94. The van der Waals surface area contributed by atoms with Crippen LogP contribution >= 0.6 is 0 Å². The molecule has 1 amide bonds. The predicted molar refractivity (Wildman–Crippen MR) is 61.3 cm³/mol. The van der Waals surface area contributed by atoms with Crippen LogP contribution in [0.1, 0.15) is 18.1 Å². The molecule has 0 saturated heterocycles. The van der Waals surface area contributed by atoms with Gasteiger partial charge in [0.2, 0.25) is 5.91 Å². The lowest BCUT2D eigenvalue weighted by Crippen LogP contribution is -2.39. The minimum atomic E-state index is -0.430. The van der Waals surface area contributed by atoms with Crippen LogP contribution in [-0.4, -0.2) is 23.9 Å². The monoisotopic (exact) mass is 206 g/mol. The van der Waals surface area contributed by atoms with E-state index in [1.54, 1.807) is 18.9 Å². The molecule has 3 nitrogen and oxygen atoms in total. The average molecular weight is 206 g/mol. The summed E-state index contributed by atoms with van der Waals surface area (Å²) in [5.74, 6) is -0.0319. The van der Waals surface area contributed by atoms with E-state index in [4.69, 9.17) is 5.73 Å². The Balaban J connectivity index is 2.62. The maximum Gasteiger partial charge on any atom is 0.239 e. The zero-order valence-electron chi connectivity index (χ0n) is 9.53. The molecule has 2 N–H and O–H groups in total. The first-order chi connectivity index (χ1) is 7.00.